The van der Waals surface area contributed by atoms with Gasteiger partial charge in [0.25, 0.3) is 5.24 Å². The summed E-state index contributed by atoms with van der Waals surface area (Å²) in [6, 6.07) is 25.0. The van der Waals surface area contributed by atoms with Crippen LogP contribution in [0.2, 0.25) is 0 Å². The van der Waals surface area contributed by atoms with E-state index in [1.54, 1.807) is 0 Å². The van der Waals surface area contributed by atoms with Crippen molar-refractivity contribution in [3.8, 4) is 11.5 Å². The van der Waals surface area contributed by atoms with Gasteiger partial charge in [0.05, 0.1) is 6.04 Å². The first-order chi connectivity index (χ1) is 11.8. The van der Waals surface area contributed by atoms with Gasteiger partial charge < -0.3 is 10.1 Å². The Bertz CT molecular complexity index is 834. The van der Waals surface area contributed by atoms with Crippen molar-refractivity contribution in [1.29, 1.82) is 0 Å². The first-order valence-electron chi connectivity index (χ1n) is 7.70. The molecule has 1 amide bonds. The van der Waals surface area contributed by atoms with E-state index in [2.05, 4.69) is 5.32 Å². The molecule has 4 rings (SSSR count). The Labute approximate surface area is 144 Å². The van der Waals surface area contributed by atoms with Gasteiger partial charge in [-0.3, -0.25) is 4.79 Å². The lowest BCUT2D eigenvalue weighted by Crippen LogP contribution is -2.28. The van der Waals surface area contributed by atoms with Crippen LogP contribution in [0.4, 0.5) is 4.79 Å². The van der Waals surface area contributed by atoms with Crippen molar-refractivity contribution in [3.05, 3.63) is 90.0 Å². The Morgan fingerprint density at radius 3 is 1.96 bits per heavy atom. The molecule has 0 aromatic heterocycles. The van der Waals surface area contributed by atoms with Gasteiger partial charge in [-0.2, -0.15) is 0 Å². The average Bonchev–Trinajstić information content (AvgIpc) is 2.62. The SMILES string of the molecule is O=C(NC1c2ccccc2Oc2ccccc21)Sc1ccccc1. The zero-order valence-corrected chi connectivity index (χ0v) is 13.6. The second kappa shape index (κ2) is 6.42. The van der Waals surface area contributed by atoms with Gasteiger partial charge >= 0.3 is 0 Å². The van der Waals surface area contributed by atoms with Crippen LogP contribution in [0.5, 0.6) is 11.5 Å². The molecule has 0 spiro atoms. The minimum Gasteiger partial charge on any atom is -0.457 e. The number of amides is 1. The van der Waals surface area contributed by atoms with Gasteiger partial charge in [-0.25, -0.2) is 0 Å². The highest BCUT2D eigenvalue weighted by atomic mass is 32.2. The molecule has 3 nitrogen and oxygen atoms in total. The number of thioether (sulfide) groups is 1. The summed E-state index contributed by atoms with van der Waals surface area (Å²) in [4.78, 5) is 13.4. The Hall–Kier alpha value is -2.72. The van der Waals surface area contributed by atoms with E-state index in [4.69, 9.17) is 4.74 Å². The van der Waals surface area contributed by atoms with Crippen LogP contribution < -0.4 is 10.1 Å². The maximum absolute atomic E-state index is 12.5. The van der Waals surface area contributed by atoms with Crippen molar-refractivity contribution in [2.45, 2.75) is 10.9 Å². The molecule has 0 aliphatic carbocycles. The number of carbonyl (C=O) groups is 1. The van der Waals surface area contributed by atoms with Gasteiger partial charge in [0.2, 0.25) is 0 Å². The Balaban J connectivity index is 1.64. The lowest BCUT2D eigenvalue weighted by Gasteiger charge is -2.28. The Morgan fingerprint density at radius 1 is 0.792 bits per heavy atom. The van der Waals surface area contributed by atoms with E-state index in [1.807, 2.05) is 78.9 Å². The molecule has 3 aromatic carbocycles. The van der Waals surface area contributed by atoms with E-state index in [0.29, 0.717) is 0 Å². The molecule has 0 fully saturated rings. The van der Waals surface area contributed by atoms with Crippen LogP contribution in [0.3, 0.4) is 0 Å². The number of benzene rings is 3. The smallest absolute Gasteiger partial charge is 0.284 e. The first-order valence-corrected chi connectivity index (χ1v) is 8.52. The molecular formula is C20H15NO2S. The fraction of sp³-hybridized carbons (Fsp3) is 0.0500. The summed E-state index contributed by atoms with van der Waals surface area (Å²) in [6.45, 7) is 0. The predicted molar refractivity (Wildman–Crippen MR) is 95.6 cm³/mol. The van der Waals surface area contributed by atoms with Crippen LogP contribution in [0.1, 0.15) is 17.2 Å². The van der Waals surface area contributed by atoms with E-state index in [0.717, 1.165) is 27.5 Å². The molecule has 4 heteroatoms. The zero-order chi connectivity index (χ0) is 16.4. The zero-order valence-electron chi connectivity index (χ0n) is 12.8. The van der Waals surface area contributed by atoms with Gasteiger partial charge in [-0.15, -0.1) is 0 Å². The highest BCUT2D eigenvalue weighted by Gasteiger charge is 2.28. The summed E-state index contributed by atoms with van der Waals surface area (Å²) in [5.41, 5.74) is 1.94. The first kappa shape index (κ1) is 14.8. The van der Waals surface area contributed by atoms with Crippen molar-refractivity contribution < 1.29 is 9.53 Å². The van der Waals surface area contributed by atoms with Gasteiger partial charge in [0, 0.05) is 16.0 Å². The van der Waals surface area contributed by atoms with E-state index in [-0.39, 0.29) is 11.3 Å². The van der Waals surface area contributed by atoms with Crippen molar-refractivity contribution in [2.75, 3.05) is 0 Å². The van der Waals surface area contributed by atoms with Crippen molar-refractivity contribution in [1.82, 2.24) is 5.32 Å². The second-order valence-corrected chi connectivity index (χ2v) is 6.50. The number of carbonyl (C=O) groups excluding carboxylic acids is 1. The van der Waals surface area contributed by atoms with Crippen LogP contribution in [-0.4, -0.2) is 5.24 Å². The standard InChI is InChI=1S/C20H15NO2S/c22-20(24-14-8-2-1-3-9-14)21-19-15-10-4-6-12-17(15)23-18-13-7-5-11-16(18)19/h1-13,19H,(H,21,22). The molecule has 118 valence electrons. The molecule has 0 bridgehead atoms. The Morgan fingerprint density at radius 2 is 1.33 bits per heavy atom. The van der Waals surface area contributed by atoms with E-state index in [9.17, 15) is 4.79 Å². The van der Waals surface area contributed by atoms with E-state index >= 15 is 0 Å². The molecule has 1 aliphatic rings. The monoisotopic (exact) mass is 333 g/mol. The van der Waals surface area contributed by atoms with Crippen LogP contribution in [-0.2, 0) is 0 Å². The van der Waals surface area contributed by atoms with E-state index in [1.165, 1.54) is 11.8 Å². The third kappa shape index (κ3) is 2.88. The lowest BCUT2D eigenvalue weighted by molar-refractivity contribution is 0.258. The topological polar surface area (TPSA) is 38.3 Å². The predicted octanol–water partition coefficient (Wildman–Crippen LogP) is 5.38. The van der Waals surface area contributed by atoms with Crippen LogP contribution >= 0.6 is 11.8 Å². The van der Waals surface area contributed by atoms with Crippen molar-refractivity contribution in [2.24, 2.45) is 0 Å². The van der Waals surface area contributed by atoms with Gasteiger partial charge in [-0.1, -0.05) is 54.6 Å². The van der Waals surface area contributed by atoms with Crippen LogP contribution in [0.15, 0.2) is 83.8 Å². The molecule has 0 saturated carbocycles. The quantitative estimate of drug-likeness (QED) is 0.640. The molecule has 0 radical (unpaired) electrons. The summed E-state index contributed by atoms with van der Waals surface area (Å²) in [5.74, 6) is 1.57. The normalized spacial score (nSPS) is 12.7. The summed E-state index contributed by atoms with van der Waals surface area (Å²) in [6.07, 6.45) is 0. The number of ether oxygens (including phenoxy) is 1. The number of para-hydroxylation sites is 2. The summed E-state index contributed by atoms with van der Waals surface area (Å²) in [5, 5.41) is 3.04. The molecule has 1 heterocycles. The number of fused-ring (bicyclic) bond motifs is 2. The van der Waals surface area contributed by atoms with E-state index < -0.39 is 0 Å². The van der Waals surface area contributed by atoms with Crippen LogP contribution in [0, 0.1) is 0 Å². The maximum atomic E-state index is 12.5. The Kier molecular flexibility index (Phi) is 3.97. The number of hydrogen-bond donors (Lipinski definition) is 1. The van der Waals surface area contributed by atoms with Gasteiger partial charge in [-0.05, 0) is 36.0 Å². The third-order valence-corrected chi connectivity index (χ3v) is 4.71. The maximum Gasteiger partial charge on any atom is 0.284 e. The molecule has 1 N–H and O–H groups in total. The molecule has 0 unspecified atom stereocenters. The lowest BCUT2D eigenvalue weighted by atomic mass is 9.95. The number of hydrogen-bond acceptors (Lipinski definition) is 3. The molecule has 24 heavy (non-hydrogen) atoms. The minimum atomic E-state index is -0.213. The summed E-state index contributed by atoms with van der Waals surface area (Å²) < 4.78 is 5.95. The summed E-state index contributed by atoms with van der Waals surface area (Å²) in [7, 11) is 0. The summed E-state index contributed by atoms with van der Waals surface area (Å²) >= 11 is 1.20. The fourth-order valence-corrected chi connectivity index (χ4v) is 3.49. The van der Waals surface area contributed by atoms with Crippen LogP contribution in [0.25, 0.3) is 0 Å². The minimum absolute atomic E-state index is 0.0855. The van der Waals surface area contributed by atoms with Gasteiger partial charge in [0.15, 0.2) is 0 Å². The average molecular weight is 333 g/mol. The highest BCUT2D eigenvalue weighted by Crippen LogP contribution is 2.42. The number of rotatable bonds is 2. The van der Waals surface area contributed by atoms with Crippen molar-refractivity contribution >= 4 is 17.0 Å². The molecular weight excluding hydrogens is 318 g/mol. The largest absolute Gasteiger partial charge is 0.457 e. The second-order valence-electron chi connectivity index (χ2n) is 5.46. The van der Waals surface area contributed by atoms with Gasteiger partial charge in [0.1, 0.15) is 11.5 Å². The molecule has 0 saturated heterocycles. The van der Waals surface area contributed by atoms with Crippen molar-refractivity contribution in [3.63, 3.8) is 0 Å². The fourth-order valence-electron chi connectivity index (χ4n) is 2.81. The molecule has 0 atom stereocenters. The number of nitrogens with one attached hydrogen (secondary N) is 1. The molecule has 1 aliphatic heterocycles. The molecule has 3 aromatic rings. The highest BCUT2D eigenvalue weighted by molar-refractivity contribution is 8.13. The third-order valence-electron chi connectivity index (χ3n) is 3.90.